The lowest BCUT2D eigenvalue weighted by molar-refractivity contribution is -0.137. The van der Waals surface area contributed by atoms with Crippen LogP contribution in [0.2, 0.25) is 0 Å². The van der Waals surface area contributed by atoms with Gasteiger partial charge < -0.3 is 4.74 Å². The van der Waals surface area contributed by atoms with Crippen LogP contribution in [-0.2, 0) is 6.18 Å². The first-order valence-corrected chi connectivity index (χ1v) is 3.77. The minimum absolute atomic E-state index is 0.0470. The van der Waals surface area contributed by atoms with Gasteiger partial charge in [-0.1, -0.05) is 5.92 Å². The zero-order chi connectivity index (χ0) is 10.6. The van der Waals surface area contributed by atoms with Crippen molar-refractivity contribution < 1.29 is 17.9 Å². The molecule has 0 aromatic heterocycles. The van der Waals surface area contributed by atoms with Crippen molar-refractivity contribution in [2.75, 3.05) is 6.61 Å². The van der Waals surface area contributed by atoms with Crippen LogP contribution in [0.3, 0.4) is 0 Å². The van der Waals surface area contributed by atoms with Gasteiger partial charge in [-0.15, -0.1) is 6.42 Å². The summed E-state index contributed by atoms with van der Waals surface area (Å²) in [6.45, 7) is 0.0470. The molecule has 1 nitrogen and oxygen atoms in total. The molecule has 0 atom stereocenters. The van der Waals surface area contributed by atoms with Crippen molar-refractivity contribution in [3.8, 4) is 18.1 Å². The van der Waals surface area contributed by atoms with E-state index in [1.807, 2.05) is 0 Å². The topological polar surface area (TPSA) is 9.23 Å². The monoisotopic (exact) mass is 200 g/mol. The van der Waals surface area contributed by atoms with Crippen LogP contribution in [0.25, 0.3) is 0 Å². The summed E-state index contributed by atoms with van der Waals surface area (Å²) >= 11 is 0. The Morgan fingerprint density at radius 2 is 1.79 bits per heavy atom. The van der Waals surface area contributed by atoms with Crippen molar-refractivity contribution in [1.29, 1.82) is 0 Å². The number of hydrogen-bond acceptors (Lipinski definition) is 1. The van der Waals surface area contributed by atoms with Gasteiger partial charge in [-0.3, -0.25) is 0 Å². The van der Waals surface area contributed by atoms with E-state index >= 15 is 0 Å². The van der Waals surface area contributed by atoms with E-state index in [0.29, 0.717) is 5.75 Å². The maximum Gasteiger partial charge on any atom is 0.416 e. The quantitative estimate of drug-likeness (QED) is 0.667. The third-order valence-corrected chi connectivity index (χ3v) is 1.50. The number of ether oxygens (including phenoxy) is 1. The third kappa shape index (κ3) is 2.70. The van der Waals surface area contributed by atoms with E-state index in [2.05, 4.69) is 5.92 Å². The Hall–Kier alpha value is -1.63. The predicted octanol–water partition coefficient (Wildman–Crippen LogP) is 2.72. The summed E-state index contributed by atoms with van der Waals surface area (Å²) in [5.74, 6) is 2.55. The van der Waals surface area contributed by atoms with Gasteiger partial charge in [-0.2, -0.15) is 13.2 Å². The van der Waals surface area contributed by atoms with Gasteiger partial charge in [0.05, 0.1) is 5.56 Å². The fourth-order valence-electron chi connectivity index (χ4n) is 0.865. The molecule has 74 valence electrons. The molecular weight excluding hydrogens is 193 g/mol. The molecule has 0 aliphatic heterocycles. The van der Waals surface area contributed by atoms with Crippen molar-refractivity contribution >= 4 is 0 Å². The first-order valence-electron chi connectivity index (χ1n) is 3.77. The van der Waals surface area contributed by atoms with E-state index in [9.17, 15) is 13.2 Å². The molecule has 0 aliphatic carbocycles. The second kappa shape index (κ2) is 4.05. The molecule has 0 fully saturated rings. The highest BCUT2D eigenvalue weighted by molar-refractivity contribution is 5.29. The minimum atomic E-state index is -4.31. The van der Waals surface area contributed by atoms with Crippen LogP contribution in [0.5, 0.6) is 5.75 Å². The summed E-state index contributed by atoms with van der Waals surface area (Å²) in [6, 6.07) is 4.37. The van der Waals surface area contributed by atoms with Crippen LogP contribution in [0, 0.1) is 12.3 Å². The Bertz CT molecular complexity index is 332. The summed E-state index contributed by atoms with van der Waals surface area (Å²) in [5, 5.41) is 0. The Morgan fingerprint density at radius 3 is 2.21 bits per heavy atom. The fourth-order valence-corrected chi connectivity index (χ4v) is 0.865. The Labute approximate surface area is 79.5 Å². The summed E-state index contributed by atoms with van der Waals surface area (Å²) in [7, 11) is 0. The molecule has 0 unspecified atom stereocenters. The van der Waals surface area contributed by atoms with Gasteiger partial charge in [0.2, 0.25) is 0 Å². The molecule has 1 aromatic rings. The van der Waals surface area contributed by atoms with Crippen molar-refractivity contribution in [3.63, 3.8) is 0 Å². The lowest BCUT2D eigenvalue weighted by atomic mass is 10.2. The van der Waals surface area contributed by atoms with E-state index in [4.69, 9.17) is 11.2 Å². The molecule has 0 N–H and O–H groups in total. The normalized spacial score (nSPS) is 10.7. The van der Waals surface area contributed by atoms with Crippen molar-refractivity contribution in [2.45, 2.75) is 6.18 Å². The van der Waals surface area contributed by atoms with E-state index in [1.165, 1.54) is 12.1 Å². The van der Waals surface area contributed by atoms with E-state index in [-0.39, 0.29) is 6.61 Å². The standard InChI is InChI=1S/C10H7F3O/c1-2-7-14-9-5-3-8(4-6-9)10(11,12)13/h1,3-6H,7H2. The number of alkyl halides is 3. The Morgan fingerprint density at radius 1 is 1.21 bits per heavy atom. The average Bonchev–Trinajstić information content (AvgIpc) is 2.14. The summed E-state index contributed by atoms with van der Waals surface area (Å²) < 4.78 is 41.2. The number of hydrogen-bond donors (Lipinski definition) is 0. The molecule has 0 saturated carbocycles. The number of halogens is 3. The lowest BCUT2D eigenvalue weighted by Gasteiger charge is -2.07. The Kier molecular flexibility index (Phi) is 3.03. The first kappa shape index (κ1) is 10.5. The largest absolute Gasteiger partial charge is 0.481 e. The second-order valence-electron chi connectivity index (χ2n) is 2.51. The fraction of sp³-hybridized carbons (Fsp3) is 0.200. The van der Waals surface area contributed by atoms with Gasteiger partial charge >= 0.3 is 6.18 Å². The molecule has 14 heavy (non-hydrogen) atoms. The maximum absolute atomic E-state index is 12.1. The molecule has 4 heteroatoms. The third-order valence-electron chi connectivity index (χ3n) is 1.50. The predicted molar refractivity (Wildman–Crippen MR) is 45.8 cm³/mol. The molecule has 0 saturated heterocycles. The number of benzene rings is 1. The van der Waals surface area contributed by atoms with Crippen LogP contribution >= 0.6 is 0 Å². The minimum Gasteiger partial charge on any atom is -0.481 e. The molecule has 0 amide bonds. The van der Waals surface area contributed by atoms with E-state index in [0.717, 1.165) is 12.1 Å². The summed E-state index contributed by atoms with van der Waals surface area (Å²) in [6.07, 6.45) is 0.606. The summed E-state index contributed by atoms with van der Waals surface area (Å²) in [4.78, 5) is 0. The van der Waals surface area contributed by atoms with Gasteiger partial charge in [-0.25, -0.2) is 0 Å². The van der Waals surface area contributed by atoms with Crippen LogP contribution in [0.1, 0.15) is 5.56 Å². The number of terminal acetylenes is 1. The molecule has 1 rings (SSSR count). The van der Waals surface area contributed by atoms with Crippen LogP contribution < -0.4 is 4.74 Å². The molecular formula is C10H7F3O. The SMILES string of the molecule is C#CCOc1ccc(C(F)(F)F)cc1. The molecule has 0 radical (unpaired) electrons. The number of rotatable bonds is 2. The first-order chi connectivity index (χ1) is 6.54. The highest BCUT2D eigenvalue weighted by Crippen LogP contribution is 2.30. The van der Waals surface area contributed by atoms with Gasteiger partial charge in [0.25, 0.3) is 0 Å². The molecule has 0 bridgehead atoms. The van der Waals surface area contributed by atoms with Crippen molar-refractivity contribution in [3.05, 3.63) is 29.8 Å². The molecule has 0 heterocycles. The zero-order valence-electron chi connectivity index (χ0n) is 7.14. The highest BCUT2D eigenvalue weighted by atomic mass is 19.4. The van der Waals surface area contributed by atoms with Crippen molar-refractivity contribution in [2.24, 2.45) is 0 Å². The zero-order valence-corrected chi connectivity index (χ0v) is 7.14. The smallest absolute Gasteiger partial charge is 0.416 e. The highest BCUT2D eigenvalue weighted by Gasteiger charge is 2.29. The van der Waals surface area contributed by atoms with Crippen LogP contribution in [0.4, 0.5) is 13.2 Å². The van der Waals surface area contributed by atoms with E-state index in [1.54, 1.807) is 0 Å². The van der Waals surface area contributed by atoms with Crippen LogP contribution in [0.15, 0.2) is 24.3 Å². The Balaban J connectivity index is 2.75. The van der Waals surface area contributed by atoms with E-state index < -0.39 is 11.7 Å². The van der Waals surface area contributed by atoms with Gasteiger partial charge in [0, 0.05) is 0 Å². The van der Waals surface area contributed by atoms with Crippen molar-refractivity contribution in [1.82, 2.24) is 0 Å². The average molecular weight is 200 g/mol. The summed E-state index contributed by atoms with van der Waals surface area (Å²) in [5.41, 5.74) is -0.703. The van der Waals surface area contributed by atoms with Gasteiger partial charge in [0.15, 0.2) is 0 Å². The second-order valence-corrected chi connectivity index (χ2v) is 2.51. The van der Waals surface area contributed by atoms with Gasteiger partial charge in [-0.05, 0) is 24.3 Å². The maximum atomic E-state index is 12.1. The lowest BCUT2D eigenvalue weighted by Crippen LogP contribution is -2.04. The molecule has 1 aromatic carbocycles. The van der Waals surface area contributed by atoms with Crippen LogP contribution in [-0.4, -0.2) is 6.61 Å². The molecule has 0 aliphatic rings. The molecule has 0 spiro atoms. The van der Waals surface area contributed by atoms with Gasteiger partial charge in [0.1, 0.15) is 12.4 Å².